The average molecular weight is 362 g/mol. The van der Waals surface area contributed by atoms with Gasteiger partial charge in [0.05, 0.1) is 5.56 Å². The predicted molar refractivity (Wildman–Crippen MR) is 101 cm³/mol. The van der Waals surface area contributed by atoms with Crippen molar-refractivity contribution in [3.05, 3.63) is 35.4 Å². The van der Waals surface area contributed by atoms with Gasteiger partial charge in [0, 0.05) is 31.7 Å². The van der Waals surface area contributed by atoms with Gasteiger partial charge < -0.3 is 14.7 Å². The highest BCUT2D eigenvalue weighted by Crippen LogP contribution is 2.19. The second kappa shape index (κ2) is 8.08. The van der Waals surface area contributed by atoms with Crippen LogP contribution in [0.2, 0.25) is 0 Å². The number of nitrogens with zero attached hydrogens (tertiary/aromatic N) is 2. The Balaban J connectivity index is 1.91. The Kier molecular flexibility index (Phi) is 6.29. The molecule has 26 heavy (non-hydrogen) atoms. The molecule has 6 nitrogen and oxygen atoms in total. The van der Waals surface area contributed by atoms with E-state index in [0.717, 1.165) is 18.5 Å². The van der Waals surface area contributed by atoms with Crippen LogP contribution in [0.15, 0.2) is 24.3 Å². The molecular weight excluding hydrogens is 332 g/mol. The minimum Gasteiger partial charge on any atom is -0.478 e. The van der Waals surface area contributed by atoms with Gasteiger partial charge in [-0.3, -0.25) is 4.90 Å². The molecule has 1 heterocycles. The number of rotatable bonds is 4. The molecule has 0 spiro atoms. The summed E-state index contributed by atoms with van der Waals surface area (Å²) in [5.74, 6) is -0.906. The minimum atomic E-state index is -0.906. The maximum absolute atomic E-state index is 12.3. The van der Waals surface area contributed by atoms with E-state index in [1.807, 2.05) is 32.9 Å². The van der Waals surface area contributed by atoms with E-state index >= 15 is 0 Å². The zero-order valence-corrected chi connectivity index (χ0v) is 16.4. The molecule has 1 aromatic rings. The Morgan fingerprint density at radius 2 is 1.65 bits per heavy atom. The highest BCUT2D eigenvalue weighted by atomic mass is 16.6. The van der Waals surface area contributed by atoms with Gasteiger partial charge in [-0.15, -0.1) is 0 Å². The molecule has 1 amide bonds. The summed E-state index contributed by atoms with van der Waals surface area (Å²) in [6, 6.07) is 7.51. The van der Waals surface area contributed by atoms with Crippen molar-refractivity contribution in [2.24, 2.45) is 0 Å². The van der Waals surface area contributed by atoms with Crippen molar-refractivity contribution in [3.63, 3.8) is 0 Å². The van der Waals surface area contributed by atoms with Gasteiger partial charge in [0.25, 0.3) is 0 Å². The summed E-state index contributed by atoms with van der Waals surface area (Å²) in [5.41, 5.74) is 0.938. The number of carbonyl (C=O) groups excluding carboxylic acids is 1. The lowest BCUT2D eigenvalue weighted by Crippen LogP contribution is -2.58. The molecule has 0 aromatic heterocycles. The van der Waals surface area contributed by atoms with Crippen molar-refractivity contribution in [2.75, 3.05) is 19.6 Å². The van der Waals surface area contributed by atoms with E-state index < -0.39 is 11.6 Å². The molecule has 0 aliphatic carbocycles. The largest absolute Gasteiger partial charge is 0.478 e. The third kappa shape index (κ3) is 5.46. The Morgan fingerprint density at radius 1 is 1.12 bits per heavy atom. The van der Waals surface area contributed by atoms with Gasteiger partial charge in [-0.25, -0.2) is 9.59 Å². The van der Waals surface area contributed by atoms with Crippen LogP contribution in [0, 0.1) is 0 Å². The smallest absolute Gasteiger partial charge is 0.410 e. The predicted octanol–water partition coefficient (Wildman–Crippen LogP) is 3.26. The summed E-state index contributed by atoms with van der Waals surface area (Å²) in [7, 11) is 0. The number of carboxylic acid groups (broad SMARTS) is 1. The number of hydrogen-bond donors (Lipinski definition) is 1. The van der Waals surface area contributed by atoms with Gasteiger partial charge in [0.2, 0.25) is 0 Å². The van der Waals surface area contributed by atoms with E-state index in [0.29, 0.717) is 18.7 Å². The second-order valence-electron chi connectivity index (χ2n) is 8.07. The monoisotopic (exact) mass is 362 g/mol. The first-order valence-electron chi connectivity index (χ1n) is 9.12. The van der Waals surface area contributed by atoms with Crippen molar-refractivity contribution < 1.29 is 19.4 Å². The Morgan fingerprint density at radius 3 is 2.12 bits per heavy atom. The summed E-state index contributed by atoms with van der Waals surface area (Å²) >= 11 is 0. The van der Waals surface area contributed by atoms with Crippen molar-refractivity contribution in [2.45, 2.75) is 58.7 Å². The number of carboxylic acids is 1. The molecule has 6 heteroatoms. The molecule has 0 radical (unpaired) electrons. The van der Waals surface area contributed by atoms with E-state index in [1.165, 1.54) is 0 Å². The third-order valence-corrected chi connectivity index (χ3v) is 4.61. The molecule has 1 fully saturated rings. The van der Waals surface area contributed by atoms with Crippen LogP contribution >= 0.6 is 0 Å². The summed E-state index contributed by atoms with van der Waals surface area (Å²) in [6.45, 7) is 12.1. The van der Waals surface area contributed by atoms with Gasteiger partial charge in [0.15, 0.2) is 0 Å². The fraction of sp³-hybridized carbons (Fsp3) is 0.600. The van der Waals surface area contributed by atoms with Gasteiger partial charge >= 0.3 is 12.1 Å². The number of hydrogen-bond acceptors (Lipinski definition) is 4. The molecule has 2 rings (SSSR count). The van der Waals surface area contributed by atoms with Crippen LogP contribution in [0.3, 0.4) is 0 Å². The first-order valence-corrected chi connectivity index (χ1v) is 9.12. The fourth-order valence-electron chi connectivity index (χ4n) is 3.35. The number of aromatic carboxylic acids is 1. The Bertz CT molecular complexity index is 624. The summed E-state index contributed by atoms with van der Waals surface area (Å²) in [4.78, 5) is 27.4. The van der Waals surface area contributed by atoms with Crippen molar-refractivity contribution in [1.82, 2.24) is 9.80 Å². The lowest BCUT2D eigenvalue weighted by molar-refractivity contribution is -0.00721. The highest BCUT2D eigenvalue weighted by Gasteiger charge is 2.33. The fourth-order valence-corrected chi connectivity index (χ4v) is 3.35. The van der Waals surface area contributed by atoms with Gasteiger partial charge in [-0.2, -0.15) is 0 Å². The maximum Gasteiger partial charge on any atom is 0.410 e. The number of carbonyl (C=O) groups is 2. The van der Waals surface area contributed by atoms with Gasteiger partial charge in [-0.1, -0.05) is 12.1 Å². The highest BCUT2D eigenvalue weighted by molar-refractivity contribution is 5.87. The molecule has 144 valence electrons. The first-order chi connectivity index (χ1) is 12.1. The molecule has 2 atom stereocenters. The number of benzene rings is 1. The van der Waals surface area contributed by atoms with Crippen LogP contribution in [0.25, 0.3) is 0 Å². The topological polar surface area (TPSA) is 70.1 Å². The Labute approximate surface area is 155 Å². The lowest BCUT2D eigenvalue weighted by Gasteiger charge is -2.44. The molecule has 0 bridgehead atoms. The average Bonchev–Trinajstić information content (AvgIpc) is 2.52. The van der Waals surface area contributed by atoms with Crippen molar-refractivity contribution >= 4 is 12.1 Å². The van der Waals surface area contributed by atoms with Crippen LogP contribution in [-0.4, -0.2) is 64.3 Å². The summed E-state index contributed by atoms with van der Waals surface area (Å²) in [5, 5.41) is 8.97. The standard InChI is InChI=1S/C20H30N2O4/c1-14-12-21(19(25)26-20(3,4)5)13-15(2)22(14)11-10-16-6-8-17(9-7-16)18(23)24/h6-9,14-15H,10-13H2,1-5H3,(H,23,24)/t14-,15-/m1/s1. The first kappa shape index (κ1) is 20.2. The molecule has 0 saturated carbocycles. The van der Waals surface area contributed by atoms with E-state index in [2.05, 4.69) is 18.7 Å². The van der Waals surface area contributed by atoms with E-state index in [-0.39, 0.29) is 18.2 Å². The summed E-state index contributed by atoms with van der Waals surface area (Å²) in [6.07, 6.45) is 0.598. The zero-order chi connectivity index (χ0) is 19.5. The van der Waals surface area contributed by atoms with Crippen molar-refractivity contribution in [1.29, 1.82) is 0 Å². The van der Waals surface area contributed by atoms with Crippen LogP contribution in [-0.2, 0) is 11.2 Å². The molecule has 0 unspecified atom stereocenters. The maximum atomic E-state index is 12.3. The van der Waals surface area contributed by atoms with Crippen molar-refractivity contribution in [3.8, 4) is 0 Å². The SMILES string of the molecule is C[C@@H]1CN(C(=O)OC(C)(C)C)C[C@@H](C)N1CCc1ccc(C(=O)O)cc1. The number of piperazine rings is 1. The molecule has 1 N–H and O–H groups in total. The van der Waals surface area contributed by atoms with Crippen LogP contribution in [0.4, 0.5) is 4.79 Å². The second-order valence-corrected chi connectivity index (χ2v) is 8.07. The zero-order valence-electron chi connectivity index (χ0n) is 16.4. The van der Waals surface area contributed by atoms with E-state index in [4.69, 9.17) is 9.84 Å². The summed E-state index contributed by atoms with van der Waals surface area (Å²) < 4.78 is 5.49. The van der Waals surface area contributed by atoms with Gasteiger partial charge in [-0.05, 0) is 58.7 Å². The minimum absolute atomic E-state index is 0.240. The number of ether oxygens (including phenoxy) is 1. The molecular formula is C20H30N2O4. The van der Waals surface area contributed by atoms with Crippen LogP contribution in [0.1, 0.15) is 50.5 Å². The molecule has 1 saturated heterocycles. The normalized spacial score (nSPS) is 21.5. The molecule has 1 aliphatic rings. The van der Waals surface area contributed by atoms with E-state index in [1.54, 1.807) is 17.0 Å². The third-order valence-electron chi connectivity index (χ3n) is 4.61. The van der Waals surface area contributed by atoms with Crippen LogP contribution in [0.5, 0.6) is 0 Å². The molecule has 1 aromatic carbocycles. The number of amides is 1. The lowest BCUT2D eigenvalue weighted by atomic mass is 10.0. The Hall–Kier alpha value is -2.08. The van der Waals surface area contributed by atoms with Gasteiger partial charge in [0.1, 0.15) is 5.60 Å². The van der Waals surface area contributed by atoms with E-state index in [9.17, 15) is 9.59 Å². The molecule has 1 aliphatic heterocycles. The quantitative estimate of drug-likeness (QED) is 0.890. The van der Waals surface area contributed by atoms with Crippen LogP contribution < -0.4 is 0 Å².